The van der Waals surface area contributed by atoms with E-state index in [1.807, 2.05) is 0 Å². The maximum Gasteiger partial charge on any atom is 0.412 e. The lowest BCUT2D eigenvalue weighted by Crippen LogP contribution is -2.52. The van der Waals surface area contributed by atoms with Crippen LogP contribution in [0.5, 0.6) is 0 Å². The van der Waals surface area contributed by atoms with E-state index in [1.54, 1.807) is 68.1 Å². The molecule has 3 aromatic carbocycles. The lowest BCUT2D eigenvalue weighted by Gasteiger charge is -2.35. The molecule has 0 radical (unpaired) electrons. The van der Waals surface area contributed by atoms with Crippen molar-refractivity contribution >= 4 is 40.3 Å². The van der Waals surface area contributed by atoms with Crippen LogP contribution in [0.1, 0.15) is 58.4 Å². The molecule has 1 saturated heterocycles. The summed E-state index contributed by atoms with van der Waals surface area (Å²) in [6.45, 7) is 6.71. The highest BCUT2D eigenvalue weighted by molar-refractivity contribution is 6.02. The van der Waals surface area contributed by atoms with Crippen molar-refractivity contribution in [3.8, 4) is 11.1 Å². The zero-order chi connectivity index (χ0) is 46.7. The number of rotatable bonds is 17. The number of alkyl halides is 3. The van der Waals surface area contributed by atoms with Gasteiger partial charge in [0.1, 0.15) is 11.4 Å². The van der Waals surface area contributed by atoms with Crippen molar-refractivity contribution in [2.45, 2.75) is 51.8 Å². The molecule has 2 aromatic heterocycles. The van der Waals surface area contributed by atoms with Crippen LogP contribution in [0.15, 0.2) is 83.8 Å². The van der Waals surface area contributed by atoms with E-state index in [2.05, 4.69) is 31.1 Å². The van der Waals surface area contributed by atoms with Gasteiger partial charge in [-0.05, 0) is 61.7 Å². The van der Waals surface area contributed by atoms with Crippen molar-refractivity contribution in [3.05, 3.63) is 123 Å². The summed E-state index contributed by atoms with van der Waals surface area (Å²) in [5.41, 5.74) is 1.12. The van der Waals surface area contributed by atoms with Gasteiger partial charge in [0, 0.05) is 69.3 Å². The first kappa shape index (κ1) is 47.7. The van der Waals surface area contributed by atoms with Crippen LogP contribution in [0, 0.1) is 5.82 Å². The minimum absolute atomic E-state index is 0.0175. The molecule has 1 aliphatic rings. The number of piperazine rings is 1. The molecule has 4 N–H and O–H groups in total. The molecule has 19 heteroatoms. The van der Waals surface area contributed by atoms with Crippen LogP contribution in [-0.2, 0) is 27.1 Å². The molecule has 1 aliphatic heterocycles. The van der Waals surface area contributed by atoms with Crippen LogP contribution in [0.3, 0.4) is 0 Å². The van der Waals surface area contributed by atoms with E-state index in [0.29, 0.717) is 45.3 Å². The van der Waals surface area contributed by atoms with E-state index < -0.39 is 48.3 Å². The second-order valence-electron chi connectivity index (χ2n) is 16.3. The third-order valence-corrected chi connectivity index (χ3v) is 10.3. The van der Waals surface area contributed by atoms with E-state index in [9.17, 15) is 41.5 Å². The monoisotopic (exact) mass is 902 g/mol. The molecule has 6 rings (SSSR count). The van der Waals surface area contributed by atoms with Crippen molar-refractivity contribution in [1.29, 1.82) is 0 Å². The molecule has 0 saturated carbocycles. The number of pyridine rings is 1. The summed E-state index contributed by atoms with van der Waals surface area (Å²) >= 11 is 0. The van der Waals surface area contributed by atoms with Gasteiger partial charge in [0.25, 0.3) is 23.8 Å². The van der Waals surface area contributed by atoms with Crippen LogP contribution in [0.25, 0.3) is 21.9 Å². The number of fused-ring (bicyclic) bond motifs is 1. The van der Waals surface area contributed by atoms with Crippen LogP contribution >= 0.6 is 0 Å². The quantitative estimate of drug-likeness (QED) is 0.0683. The summed E-state index contributed by atoms with van der Waals surface area (Å²) in [5, 5.41) is 16.1. The summed E-state index contributed by atoms with van der Waals surface area (Å²) < 4.78 is 65.3. The minimum Gasteiger partial charge on any atom is -0.444 e. The fourth-order valence-corrected chi connectivity index (χ4v) is 7.05. The Hall–Kier alpha value is -6.73. The lowest BCUT2D eigenvalue weighted by molar-refractivity contribution is -0.131. The van der Waals surface area contributed by atoms with Gasteiger partial charge in [-0.3, -0.25) is 24.5 Å². The van der Waals surface area contributed by atoms with Gasteiger partial charge in [0.2, 0.25) is 5.91 Å². The first-order valence-electron chi connectivity index (χ1n) is 21.0. The van der Waals surface area contributed by atoms with Crippen molar-refractivity contribution in [1.82, 2.24) is 35.6 Å². The molecule has 5 aromatic rings. The molecular weight excluding hydrogens is 853 g/mol. The molecule has 0 bridgehead atoms. The molecule has 1 atom stereocenters. The molecule has 1 fully saturated rings. The maximum atomic E-state index is 15.0. The summed E-state index contributed by atoms with van der Waals surface area (Å²) in [5.74, 6) is -1.96. The van der Waals surface area contributed by atoms with Gasteiger partial charge in [-0.15, -0.1) is 0 Å². The van der Waals surface area contributed by atoms with Gasteiger partial charge >= 0.3 is 6.09 Å². The topological polar surface area (TPSA) is 188 Å². The Kier molecular flexibility index (Phi) is 16.0. The molecule has 15 nitrogen and oxygen atoms in total. The number of carbonyl (C=O) groups is 4. The fraction of sp³-hybridized carbons (Fsp3) is 0.370. The number of H-pyrrole nitrogens is 1. The van der Waals surface area contributed by atoms with Crippen LogP contribution in [-0.4, -0.2) is 126 Å². The molecule has 0 aliphatic carbocycles. The van der Waals surface area contributed by atoms with Gasteiger partial charge in [0.15, 0.2) is 11.9 Å². The smallest absolute Gasteiger partial charge is 0.412 e. The normalized spacial score (nSPS) is 13.5. The largest absolute Gasteiger partial charge is 0.444 e. The molecule has 1 unspecified atom stereocenters. The number of halogens is 4. The number of nitrogens with zero attached hydrogens (tertiary/aromatic N) is 4. The van der Waals surface area contributed by atoms with E-state index >= 15 is 0 Å². The number of benzene rings is 3. The Balaban J connectivity index is 0.925. The van der Waals surface area contributed by atoms with Gasteiger partial charge in [-0.25, -0.2) is 32.4 Å². The number of aromatic amines is 1. The Morgan fingerprint density at radius 3 is 2.31 bits per heavy atom. The zero-order valence-corrected chi connectivity index (χ0v) is 36.1. The number of amides is 4. The van der Waals surface area contributed by atoms with Gasteiger partial charge in [-0.2, -0.15) is 5.10 Å². The second-order valence-corrected chi connectivity index (χ2v) is 16.3. The summed E-state index contributed by atoms with van der Waals surface area (Å²) in [4.78, 5) is 71.8. The Bertz CT molecular complexity index is 2560. The molecule has 4 amide bonds. The summed E-state index contributed by atoms with van der Waals surface area (Å²) in [7, 11) is 0. The highest BCUT2D eigenvalue weighted by Crippen LogP contribution is 2.27. The van der Waals surface area contributed by atoms with Crippen LogP contribution in [0.2, 0.25) is 0 Å². The first-order valence-corrected chi connectivity index (χ1v) is 21.0. The number of hydrogen-bond acceptors (Lipinski definition) is 10. The predicted molar refractivity (Wildman–Crippen MR) is 234 cm³/mol. The average Bonchev–Trinajstić information content (AvgIpc) is 3.28. The van der Waals surface area contributed by atoms with Crippen molar-refractivity contribution < 1.29 is 46.2 Å². The Labute approximate surface area is 371 Å². The Morgan fingerprint density at radius 1 is 0.846 bits per heavy atom. The SMILES string of the molecule is CC(C)(C)OC(=O)Nc1cc(-c2cccc(CC(F)C(F)F)c2)cnc1C(=O)NCCOCCNCC(=O)N1CCN(C(=O)c2cc(Cc3n[nH]c(=O)c4ccccc34)ccc2F)CC1. The lowest BCUT2D eigenvalue weighted by atomic mass is 10.0. The fourth-order valence-electron chi connectivity index (χ4n) is 7.05. The minimum atomic E-state index is -3.13. The third kappa shape index (κ3) is 13.2. The molecule has 65 heavy (non-hydrogen) atoms. The zero-order valence-electron chi connectivity index (χ0n) is 36.1. The molecular formula is C46H50F4N8O7. The van der Waals surface area contributed by atoms with E-state index in [0.717, 1.165) is 0 Å². The predicted octanol–water partition coefficient (Wildman–Crippen LogP) is 5.53. The van der Waals surface area contributed by atoms with Gasteiger partial charge < -0.3 is 29.9 Å². The Morgan fingerprint density at radius 2 is 1.57 bits per heavy atom. The molecule has 3 heterocycles. The number of carbonyl (C=O) groups excluding carboxylic acids is 4. The molecule has 0 spiro atoms. The van der Waals surface area contributed by atoms with Crippen LogP contribution in [0.4, 0.5) is 28.0 Å². The maximum absolute atomic E-state index is 15.0. The molecule has 344 valence electrons. The number of ether oxygens (including phenoxy) is 2. The number of anilines is 1. The van der Waals surface area contributed by atoms with E-state index in [4.69, 9.17) is 9.47 Å². The number of hydrogen-bond donors (Lipinski definition) is 4. The standard InChI is InChI=1S/C46H50F4N8O7/c1-46(2,3)65-45(63)54-38-25-31(30-8-6-7-28(21-30)23-36(48)41(49)50)26-53-40(38)43(61)52-14-20-64-19-13-51-27-39(59)57-15-17-58(18-16-57)44(62)34-22-29(11-12-35(34)47)24-37-32-9-4-5-10-33(32)42(60)56-55-37/h4-12,21-22,25-26,36,41,51H,13-20,23-24,27H2,1-3H3,(H,52,61)(H,54,63)(H,56,60). The highest BCUT2D eigenvalue weighted by atomic mass is 19.3. The van der Waals surface area contributed by atoms with E-state index in [-0.39, 0.29) is 87.3 Å². The summed E-state index contributed by atoms with van der Waals surface area (Å²) in [6.07, 6.45) is -5.16. The van der Waals surface area contributed by atoms with E-state index in [1.165, 1.54) is 41.4 Å². The van der Waals surface area contributed by atoms with Crippen molar-refractivity contribution in [2.24, 2.45) is 0 Å². The number of aromatic nitrogens is 3. The van der Waals surface area contributed by atoms with Crippen LogP contribution < -0.4 is 21.5 Å². The third-order valence-electron chi connectivity index (χ3n) is 10.3. The second kappa shape index (κ2) is 21.8. The van der Waals surface area contributed by atoms with Crippen molar-refractivity contribution in [2.75, 3.05) is 64.3 Å². The summed E-state index contributed by atoms with van der Waals surface area (Å²) in [6, 6.07) is 19.1. The number of nitrogens with one attached hydrogen (secondary N) is 4. The average molecular weight is 903 g/mol. The van der Waals surface area contributed by atoms with Gasteiger partial charge in [0.05, 0.1) is 42.1 Å². The van der Waals surface area contributed by atoms with Crippen molar-refractivity contribution in [3.63, 3.8) is 0 Å². The first-order chi connectivity index (χ1) is 31.1. The highest BCUT2D eigenvalue weighted by Gasteiger charge is 2.27. The van der Waals surface area contributed by atoms with Gasteiger partial charge in [-0.1, -0.05) is 48.5 Å².